The fraction of sp³-hybridized carbons (Fsp3) is 0.231. The van der Waals surface area contributed by atoms with Gasteiger partial charge in [-0.05, 0) is 11.0 Å². The van der Waals surface area contributed by atoms with E-state index in [0.717, 1.165) is 18.2 Å². The van der Waals surface area contributed by atoms with Crippen LogP contribution in [-0.4, -0.2) is 40.0 Å². The van der Waals surface area contributed by atoms with Crippen LogP contribution in [0.15, 0.2) is 22.8 Å². The van der Waals surface area contributed by atoms with Gasteiger partial charge in [0.2, 0.25) is 5.69 Å². The van der Waals surface area contributed by atoms with E-state index >= 15 is 0 Å². The molecule has 2 rings (SSSR count). The van der Waals surface area contributed by atoms with E-state index in [4.69, 9.17) is 4.74 Å². The summed E-state index contributed by atoms with van der Waals surface area (Å²) in [5.41, 5.74) is -2.17. The molecule has 0 bridgehead atoms. The van der Waals surface area contributed by atoms with Gasteiger partial charge in [-0.2, -0.15) is 0 Å². The summed E-state index contributed by atoms with van der Waals surface area (Å²) < 4.78 is 9.01. The minimum atomic E-state index is -0.973. The van der Waals surface area contributed by atoms with Gasteiger partial charge >= 0.3 is 23.0 Å². The Morgan fingerprint density at radius 3 is 2.48 bits per heavy atom. The maximum absolute atomic E-state index is 12.0. The molecule has 142 valence electrons. The summed E-state index contributed by atoms with van der Waals surface area (Å²) >= 11 is 0. The van der Waals surface area contributed by atoms with Crippen LogP contribution in [0, 0.1) is 32.4 Å². The quantitative estimate of drug-likeness (QED) is 0.224. The predicted molar refractivity (Wildman–Crippen MR) is 82.6 cm³/mol. The third kappa shape index (κ3) is 4.30. The lowest BCUT2D eigenvalue weighted by atomic mass is 10.1. The van der Waals surface area contributed by atoms with Gasteiger partial charge in [0.05, 0.1) is 21.5 Å². The van der Waals surface area contributed by atoms with Gasteiger partial charge in [0, 0.05) is 24.6 Å². The van der Waals surface area contributed by atoms with Gasteiger partial charge in [0.25, 0.3) is 5.91 Å². The largest absolute Gasteiger partial charge is 0.457 e. The molecule has 0 radical (unpaired) electrons. The second-order valence-corrected chi connectivity index (χ2v) is 4.97. The number of nitrogens with zero attached hydrogens (tertiary/aromatic N) is 4. The molecule has 1 aromatic carbocycles. The van der Waals surface area contributed by atoms with Crippen LogP contribution in [0.25, 0.3) is 0 Å². The molecule has 27 heavy (non-hydrogen) atoms. The second kappa shape index (κ2) is 7.85. The molecule has 2 aromatic rings. The van der Waals surface area contributed by atoms with Crippen molar-refractivity contribution in [2.24, 2.45) is 0 Å². The first-order valence-electron chi connectivity index (χ1n) is 7.17. The lowest BCUT2D eigenvalue weighted by Crippen LogP contribution is -2.29. The number of ether oxygens (including phenoxy) is 1. The number of carbonyl (C=O) groups is 2. The van der Waals surface area contributed by atoms with Crippen molar-refractivity contribution in [3.63, 3.8) is 0 Å². The average Bonchev–Trinajstić information content (AvgIpc) is 2.96. The molecule has 14 nitrogen and oxygen atoms in total. The first-order valence-corrected chi connectivity index (χ1v) is 7.17. The zero-order chi connectivity index (χ0) is 20.1. The number of nitrogens with one attached hydrogen (secondary N) is 1. The Morgan fingerprint density at radius 1 is 1.26 bits per heavy atom. The number of benzene rings is 1. The normalized spacial score (nSPS) is 10.3. The molecule has 0 saturated carbocycles. The van der Waals surface area contributed by atoms with Crippen LogP contribution in [0.3, 0.4) is 0 Å². The summed E-state index contributed by atoms with van der Waals surface area (Å²) in [5, 5.41) is 38.2. The molecule has 0 saturated heterocycles. The molecule has 0 spiro atoms. The zero-order valence-electron chi connectivity index (χ0n) is 13.6. The molecule has 0 aliphatic heterocycles. The summed E-state index contributed by atoms with van der Waals surface area (Å²) in [4.78, 5) is 43.4. The van der Waals surface area contributed by atoms with Crippen LogP contribution in [0.2, 0.25) is 0 Å². The summed E-state index contributed by atoms with van der Waals surface area (Å²) in [5.74, 6) is -1.70. The monoisotopic (exact) mass is 381 g/mol. The van der Waals surface area contributed by atoms with Gasteiger partial charge in [0.15, 0.2) is 0 Å². The number of amides is 1. The van der Waals surface area contributed by atoms with Crippen molar-refractivity contribution in [2.75, 3.05) is 13.2 Å². The van der Waals surface area contributed by atoms with Crippen LogP contribution in [0.5, 0.6) is 0 Å². The number of hydrogen-bond donors (Lipinski definition) is 1. The number of hydrogen-bond acceptors (Lipinski definition) is 10. The van der Waals surface area contributed by atoms with Crippen LogP contribution in [-0.2, 0) is 4.74 Å². The topological polar surface area (TPSA) is 195 Å². The van der Waals surface area contributed by atoms with Crippen molar-refractivity contribution in [3.8, 4) is 0 Å². The molecule has 0 unspecified atom stereocenters. The summed E-state index contributed by atoms with van der Waals surface area (Å²) in [6.07, 6.45) is 0. The highest BCUT2D eigenvalue weighted by molar-refractivity contribution is 5.95. The molecule has 0 atom stereocenters. The molecule has 0 aliphatic carbocycles. The summed E-state index contributed by atoms with van der Waals surface area (Å²) in [7, 11) is 0. The van der Waals surface area contributed by atoms with Crippen LogP contribution < -0.4 is 10.2 Å². The molecule has 0 fully saturated rings. The van der Waals surface area contributed by atoms with E-state index in [1.54, 1.807) is 0 Å². The molecular weight excluding hydrogens is 370 g/mol. The van der Waals surface area contributed by atoms with E-state index in [2.05, 4.69) is 15.1 Å². The van der Waals surface area contributed by atoms with Crippen molar-refractivity contribution in [3.05, 3.63) is 60.6 Å². The SMILES string of the molecule is Cc1c(C(=O)OCCNC(=O)c2ccc([N+](=O)[O-])c([N+](=O)[O-])c2)no[n+]1[O-]. The zero-order valence-corrected chi connectivity index (χ0v) is 13.6. The maximum atomic E-state index is 12.0. The highest BCUT2D eigenvalue weighted by Crippen LogP contribution is 2.27. The predicted octanol–water partition coefficient (Wildman–Crippen LogP) is 0.0196. The van der Waals surface area contributed by atoms with Crippen molar-refractivity contribution in [2.45, 2.75) is 6.92 Å². The Morgan fingerprint density at radius 2 is 1.93 bits per heavy atom. The minimum Gasteiger partial charge on any atom is -0.457 e. The average molecular weight is 381 g/mol. The van der Waals surface area contributed by atoms with Gasteiger partial charge in [-0.15, -0.1) is 0 Å². The van der Waals surface area contributed by atoms with Crippen LogP contribution >= 0.6 is 0 Å². The molecule has 1 heterocycles. The Balaban J connectivity index is 1.93. The number of rotatable bonds is 7. The number of aromatic nitrogens is 2. The number of esters is 1. The smallest absolute Gasteiger partial charge is 0.389 e. The van der Waals surface area contributed by atoms with Gasteiger partial charge in [0.1, 0.15) is 6.61 Å². The molecule has 1 amide bonds. The van der Waals surface area contributed by atoms with Crippen molar-refractivity contribution >= 4 is 23.3 Å². The van der Waals surface area contributed by atoms with Gasteiger partial charge < -0.3 is 15.3 Å². The third-order valence-electron chi connectivity index (χ3n) is 3.27. The van der Waals surface area contributed by atoms with E-state index in [0.29, 0.717) is 0 Å². The van der Waals surface area contributed by atoms with Crippen molar-refractivity contribution in [1.82, 2.24) is 10.5 Å². The molecule has 1 N–H and O–H groups in total. The molecule has 0 aliphatic rings. The lowest BCUT2D eigenvalue weighted by Gasteiger charge is -2.05. The first kappa shape index (κ1) is 19.2. The number of nitro groups is 2. The maximum Gasteiger partial charge on any atom is 0.389 e. The number of nitro benzene ring substituents is 2. The fourth-order valence-corrected chi connectivity index (χ4v) is 1.92. The first-order chi connectivity index (χ1) is 12.7. The van der Waals surface area contributed by atoms with E-state index in [1.807, 2.05) is 0 Å². The van der Waals surface area contributed by atoms with E-state index in [9.17, 15) is 35.0 Å². The van der Waals surface area contributed by atoms with E-state index < -0.39 is 33.1 Å². The molecule has 1 aromatic heterocycles. The summed E-state index contributed by atoms with van der Waals surface area (Å²) in [6.45, 7) is 0.845. The second-order valence-electron chi connectivity index (χ2n) is 4.97. The lowest BCUT2D eigenvalue weighted by molar-refractivity contribution is -0.806. The van der Waals surface area contributed by atoms with Crippen LogP contribution in [0.1, 0.15) is 26.5 Å². The van der Waals surface area contributed by atoms with Crippen molar-refractivity contribution in [1.29, 1.82) is 0 Å². The van der Waals surface area contributed by atoms with Crippen LogP contribution in [0.4, 0.5) is 11.4 Å². The standard InChI is InChI=1S/C13H11N5O9/c1-7-11(15-27-18(7)25)13(20)26-5-4-14-12(19)8-2-3-9(16(21)22)10(6-8)17(23)24/h2-3,6H,4-5H2,1H3,(H,14,19). The number of carbonyl (C=O) groups excluding carboxylic acids is 2. The Kier molecular flexibility index (Phi) is 5.59. The highest BCUT2D eigenvalue weighted by Gasteiger charge is 2.26. The Labute approximate surface area is 149 Å². The highest BCUT2D eigenvalue weighted by atomic mass is 16.8. The van der Waals surface area contributed by atoms with Gasteiger partial charge in [-0.25, -0.2) is 4.79 Å². The van der Waals surface area contributed by atoms with E-state index in [1.165, 1.54) is 6.92 Å². The third-order valence-corrected chi connectivity index (χ3v) is 3.27. The molecular formula is C13H11N5O9. The fourth-order valence-electron chi connectivity index (χ4n) is 1.92. The Bertz CT molecular complexity index is 923. The van der Waals surface area contributed by atoms with Gasteiger partial charge in [-0.3, -0.25) is 29.7 Å². The van der Waals surface area contributed by atoms with E-state index in [-0.39, 0.29) is 35.0 Å². The molecule has 14 heteroatoms. The van der Waals surface area contributed by atoms with Gasteiger partial charge in [-0.1, -0.05) is 0 Å². The Hall–Kier alpha value is -4.10. The summed E-state index contributed by atoms with van der Waals surface area (Å²) in [6, 6.07) is 2.67. The minimum absolute atomic E-state index is 0.0276. The van der Waals surface area contributed by atoms with Crippen molar-refractivity contribution < 1.29 is 33.7 Å².